The Morgan fingerprint density at radius 1 is 1.05 bits per heavy atom. The molecule has 2 aliphatic heterocycles. The summed E-state index contributed by atoms with van der Waals surface area (Å²) in [4.78, 5) is 13.5. The van der Waals surface area contributed by atoms with E-state index >= 15 is 0 Å². The first-order valence-electron chi connectivity index (χ1n) is 13.0. The molecule has 6 rings (SSSR count). The van der Waals surface area contributed by atoms with E-state index in [9.17, 15) is 15.0 Å². The van der Waals surface area contributed by atoms with Crippen LogP contribution in [0.15, 0.2) is 42.5 Å². The van der Waals surface area contributed by atoms with E-state index in [2.05, 4.69) is 36.7 Å². The van der Waals surface area contributed by atoms with Gasteiger partial charge >= 0.3 is 6.16 Å². The Kier molecular flexibility index (Phi) is 5.43. The Hall–Kier alpha value is -3.11. The van der Waals surface area contributed by atoms with Crippen molar-refractivity contribution in [1.29, 1.82) is 0 Å². The maximum absolute atomic E-state index is 13.5. The minimum absolute atomic E-state index is 0.0423. The lowest BCUT2D eigenvalue weighted by atomic mass is 9.92. The van der Waals surface area contributed by atoms with Crippen molar-refractivity contribution in [3.63, 3.8) is 0 Å². The molecule has 1 aliphatic carbocycles. The van der Waals surface area contributed by atoms with Crippen molar-refractivity contribution in [1.82, 2.24) is 4.57 Å². The molecule has 3 aromatic rings. The van der Waals surface area contributed by atoms with Gasteiger partial charge in [-0.15, -0.1) is 0 Å². The molecule has 1 unspecified atom stereocenters. The molecule has 1 saturated heterocycles. The molecule has 0 bridgehead atoms. The fourth-order valence-corrected chi connectivity index (χ4v) is 5.52. The van der Waals surface area contributed by atoms with E-state index in [4.69, 9.17) is 18.9 Å². The summed E-state index contributed by atoms with van der Waals surface area (Å²) in [5.41, 5.74) is 2.95. The number of carbonyl (C=O) groups excluding carboxylic acids is 1. The van der Waals surface area contributed by atoms with Crippen LogP contribution in [0.25, 0.3) is 10.9 Å². The van der Waals surface area contributed by atoms with E-state index < -0.39 is 17.4 Å². The molecule has 1 saturated carbocycles. The maximum atomic E-state index is 13.5. The summed E-state index contributed by atoms with van der Waals surface area (Å²) in [7, 11) is 0. The highest BCUT2D eigenvalue weighted by Crippen LogP contribution is 2.52. The first-order chi connectivity index (χ1) is 17.7. The Balaban J connectivity index is 1.26. The fourth-order valence-electron chi connectivity index (χ4n) is 5.52. The molecule has 2 fully saturated rings. The normalized spacial score (nSPS) is 22.6. The van der Waals surface area contributed by atoms with Crippen LogP contribution in [0.3, 0.4) is 0 Å². The van der Waals surface area contributed by atoms with Crippen molar-refractivity contribution in [2.24, 2.45) is 0 Å². The monoisotopic (exact) mass is 522 g/mol. The largest absolute Gasteiger partial charge is 0.505 e. The van der Waals surface area contributed by atoms with E-state index in [1.165, 1.54) is 5.69 Å². The lowest BCUT2D eigenvalue weighted by Crippen LogP contribution is -2.37. The number of carbonyl (C=O) groups is 1. The van der Waals surface area contributed by atoms with Gasteiger partial charge in [0.25, 0.3) is 0 Å². The molecule has 1 aromatic heterocycles. The second kappa shape index (κ2) is 8.19. The van der Waals surface area contributed by atoms with Gasteiger partial charge in [-0.05, 0) is 68.7 Å². The van der Waals surface area contributed by atoms with Gasteiger partial charge in [0.15, 0.2) is 17.3 Å². The standard InChI is InChI=1S/C29H34N2O7/c1-26(2,3)24-13-17-12-19(7-8-21(17)31(24)15-20-16-35-27(4,5)36-20)30-25(32)28(10-11-28)18-6-9-22-23(14-18)38-29(33,34)37-22/h6-9,12-14,20,33-34H,10-11,15-16H2,1-5H3,(H,30,32). The topological polar surface area (TPSA) is 111 Å². The zero-order valence-electron chi connectivity index (χ0n) is 22.3. The smallest absolute Gasteiger partial charge is 0.403 e. The van der Waals surface area contributed by atoms with Crippen molar-refractivity contribution in [3.05, 3.63) is 53.7 Å². The first-order valence-corrected chi connectivity index (χ1v) is 13.0. The van der Waals surface area contributed by atoms with Gasteiger partial charge in [-0.3, -0.25) is 15.0 Å². The van der Waals surface area contributed by atoms with E-state index in [1.807, 2.05) is 32.0 Å². The second-order valence-electron chi connectivity index (χ2n) is 12.1. The van der Waals surface area contributed by atoms with Crippen LogP contribution < -0.4 is 14.8 Å². The molecule has 3 aliphatic rings. The predicted molar refractivity (Wildman–Crippen MR) is 140 cm³/mol. The van der Waals surface area contributed by atoms with E-state index in [1.54, 1.807) is 18.2 Å². The summed E-state index contributed by atoms with van der Waals surface area (Å²) in [6.45, 7) is 11.7. The third-order valence-corrected chi connectivity index (χ3v) is 7.55. The number of amides is 1. The number of benzene rings is 2. The third-order valence-electron chi connectivity index (χ3n) is 7.55. The van der Waals surface area contributed by atoms with Crippen LogP contribution >= 0.6 is 0 Å². The van der Waals surface area contributed by atoms with Crippen LogP contribution in [-0.4, -0.2) is 45.3 Å². The zero-order chi connectivity index (χ0) is 27.1. The van der Waals surface area contributed by atoms with Crippen molar-refractivity contribution in [3.8, 4) is 11.5 Å². The molecule has 0 radical (unpaired) electrons. The van der Waals surface area contributed by atoms with Crippen molar-refractivity contribution >= 4 is 22.5 Å². The van der Waals surface area contributed by atoms with Crippen LogP contribution in [0.2, 0.25) is 0 Å². The van der Waals surface area contributed by atoms with Crippen LogP contribution in [0, 0.1) is 0 Å². The minimum Gasteiger partial charge on any atom is -0.403 e. The van der Waals surface area contributed by atoms with Gasteiger partial charge in [0, 0.05) is 27.7 Å². The van der Waals surface area contributed by atoms with Gasteiger partial charge in [0.1, 0.15) is 6.10 Å². The van der Waals surface area contributed by atoms with Gasteiger partial charge in [-0.2, -0.15) is 0 Å². The van der Waals surface area contributed by atoms with Crippen LogP contribution in [0.4, 0.5) is 5.69 Å². The highest BCUT2D eigenvalue weighted by molar-refractivity contribution is 6.02. The molecule has 9 nitrogen and oxygen atoms in total. The van der Waals surface area contributed by atoms with E-state index in [0.717, 1.165) is 22.2 Å². The van der Waals surface area contributed by atoms with Crippen molar-refractivity contribution in [2.75, 3.05) is 11.9 Å². The second-order valence-corrected chi connectivity index (χ2v) is 12.1. The Bertz CT molecular complexity index is 1430. The average molecular weight is 523 g/mol. The quantitative estimate of drug-likeness (QED) is 0.432. The molecule has 3 N–H and O–H groups in total. The van der Waals surface area contributed by atoms with Gasteiger partial charge < -0.3 is 28.8 Å². The molecular formula is C29H34N2O7. The maximum Gasteiger partial charge on any atom is 0.505 e. The summed E-state index contributed by atoms with van der Waals surface area (Å²) in [5, 5.41) is 23.4. The molecule has 3 heterocycles. The molecule has 2 aromatic carbocycles. The molecule has 0 spiro atoms. The number of anilines is 1. The number of nitrogens with zero attached hydrogens (tertiary/aromatic N) is 1. The number of rotatable bonds is 5. The third kappa shape index (κ3) is 4.43. The van der Waals surface area contributed by atoms with Crippen molar-refractivity contribution in [2.45, 2.75) is 82.9 Å². The molecule has 1 amide bonds. The fraction of sp³-hybridized carbons (Fsp3) is 0.483. The van der Waals surface area contributed by atoms with Crippen LogP contribution in [-0.2, 0) is 31.6 Å². The Labute approximate surface area is 221 Å². The summed E-state index contributed by atoms with van der Waals surface area (Å²) in [5.74, 6) is -0.269. The lowest BCUT2D eigenvalue weighted by molar-refractivity contribution is -0.385. The van der Waals surface area contributed by atoms with Gasteiger partial charge in [-0.25, -0.2) is 0 Å². The minimum atomic E-state index is -2.69. The Morgan fingerprint density at radius 2 is 1.79 bits per heavy atom. The SMILES string of the molecule is CC1(C)OCC(Cn2c(C(C)(C)C)cc3cc(NC(=O)C4(c5ccc6c(c5)OC(O)(O)O6)CC4)ccc32)O1. The summed E-state index contributed by atoms with van der Waals surface area (Å²) >= 11 is 0. The number of nitrogens with one attached hydrogen (secondary N) is 1. The molecule has 1 atom stereocenters. The molecule has 9 heteroatoms. The van der Waals surface area contributed by atoms with Gasteiger partial charge in [-0.1, -0.05) is 26.8 Å². The first kappa shape index (κ1) is 25.2. The van der Waals surface area contributed by atoms with E-state index in [0.29, 0.717) is 26.0 Å². The Morgan fingerprint density at radius 3 is 2.45 bits per heavy atom. The molecule has 202 valence electrons. The highest BCUT2D eigenvalue weighted by atomic mass is 17.0. The number of hydrogen-bond acceptors (Lipinski definition) is 7. The van der Waals surface area contributed by atoms with Crippen molar-refractivity contribution < 1.29 is 34.0 Å². The predicted octanol–water partition coefficient (Wildman–Crippen LogP) is 4.13. The average Bonchev–Trinajstić information content (AvgIpc) is 3.32. The number of aromatic nitrogens is 1. The number of aliphatic hydroxyl groups is 2. The lowest BCUT2D eigenvalue weighted by Gasteiger charge is -2.24. The van der Waals surface area contributed by atoms with Gasteiger partial charge in [0.05, 0.1) is 18.6 Å². The van der Waals surface area contributed by atoms with Crippen LogP contribution in [0.5, 0.6) is 11.5 Å². The van der Waals surface area contributed by atoms with Crippen LogP contribution in [0.1, 0.15) is 58.7 Å². The summed E-state index contributed by atoms with van der Waals surface area (Å²) < 4.78 is 24.2. The molecular weight excluding hydrogens is 488 g/mol. The summed E-state index contributed by atoms with van der Waals surface area (Å²) in [6.07, 6.45) is -1.35. The summed E-state index contributed by atoms with van der Waals surface area (Å²) in [6, 6.07) is 13.2. The van der Waals surface area contributed by atoms with Gasteiger partial charge in [0.2, 0.25) is 5.91 Å². The molecule has 38 heavy (non-hydrogen) atoms. The highest BCUT2D eigenvalue weighted by Gasteiger charge is 2.52. The zero-order valence-corrected chi connectivity index (χ0v) is 22.3. The van der Waals surface area contributed by atoms with E-state index in [-0.39, 0.29) is 28.9 Å². The number of ether oxygens (including phenoxy) is 4. The number of hydrogen-bond donors (Lipinski definition) is 3. The number of fused-ring (bicyclic) bond motifs is 2.